The van der Waals surface area contributed by atoms with Crippen LogP contribution in [0.25, 0.3) is 0 Å². The van der Waals surface area contributed by atoms with Gasteiger partial charge in [-0.25, -0.2) is 0 Å². The van der Waals surface area contributed by atoms with Gasteiger partial charge in [0.25, 0.3) is 0 Å². The third kappa shape index (κ3) is 4.23. The summed E-state index contributed by atoms with van der Waals surface area (Å²) < 4.78 is 0. The highest BCUT2D eigenvalue weighted by atomic mass is 35.5. The van der Waals surface area contributed by atoms with Gasteiger partial charge in [0.05, 0.1) is 0 Å². The maximum absolute atomic E-state index is 13.3. The van der Waals surface area contributed by atoms with E-state index in [0.29, 0.717) is 23.9 Å². The minimum absolute atomic E-state index is 0.0527. The quantitative estimate of drug-likeness (QED) is 0.747. The van der Waals surface area contributed by atoms with E-state index in [0.717, 1.165) is 18.7 Å². The van der Waals surface area contributed by atoms with E-state index in [9.17, 15) is 9.59 Å². The second-order valence-electron chi connectivity index (χ2n) is 7.33. The first kappa shape index (κ1) is 20.1. The molecular weight excluding hydrogens is 406 g/mol. The Kier molecular flexibility index (Phi) is 6.01. The molecule has 2 heterocycles. The van der Waals surface area contributed by atoms with E-state index >= 15 is 0 Å². The minimum atomic E-state index is -0.415. The van der Waals surface area contributed by atoms with E-state index < -0.39 is 6.04 Å². The first-order valence-corrected chi connectivity index (χ1v) is 11.2. The molecule has 0 N–H and O–H groups in total. The summed E-state index contributed by atoms with van der Waals surface area (Å²) >= 11 is 7.64. The number of piperazine rings is 1. The van der Waals surface area contributed by atoms with Crippen molar-refractivity contribution in [2.45, 2.75) is 18.3 Å². The molecule has 0 radical (unpaired) electrons. The van der Waals surface area contributed by atoms with E-state index in [2.05, 4.69) is 17.0 Å². The predicted octanol–water partition coefficient (Wildman–Crippen LogP) is 3.65. The van der Waals surface area contributed by atoms with E-state index in [1.807, 2.05) is 47.4 Å². The van der Waals surface area contributed by atoms with Crippen LogP contribution in [0.3, 0.4) is 0 Å². The van der Waals surface area contributed by atoms with E-state index in [1.54, 1.807) is 23.6 Å². The van der Waals surface area contributed by atoms with Crippen molar-refractivity contribution >= 4 is 40.9 Å². The van der Waals surface area contributed by atoms with Gasteiger partial charge in [-0.1, -0.05) is 41.9 Å². The standard InChI is InChI=1S/C22H24ClN3O2S/c1-16(27)26-20(15-29-22(26)17-7-9-18(23)10-8-17)21(28)25-13-11-24(12-14-25)19-5-3-2-4-6-19/h2-10,20,22H,11-15H2,1H3/t20-,22+/m1/s1. The van der Waals surface area contributed by atoms with E-state index in [-0.39, 0.29) is 17.2 Å². The van der Waals surface area contributed by atoms with Gasteiger partial charge < -0.3 is 14.7 Å². The normalized spacial score (nSPS) is 22.1. The van der Waals surface area contributed by atoms with Crippen molar-refractivity contribution in [2.24, 2.45) is 0 Å². The molecule has 0 aliphatic carbocycles. The van der Waals surface area contributed by atoms with Crippen LogP contribution in [-0.4, -0.2) is 59.6 Å². The SMILES string of the molecule is CC(=O)N1[C@@H](C(=O)N2CCN(c3ccccc3)CC2)CS[C@H]1c1ccc(Cl)cc1. The second-order valence-corrected chi connectivity index (χ2v) is 8.88. The number of benzene rings is 2. The summed E-state index contributed by atoms with van der Waals surface area (Å²) in [6, 6.07) is 17.4. The number of nitrogens with zero attached hydrogens (tertiary/aromatic N) is 3. The molecule has 2 aliphatic rings. The molecule has 0 bridgehead atoms. The Morgan fingerprint density at radius 1 is 0.966 bits per heavy atom. The summed E-state index contributed by atoms with van der Waals surface area (Å²) in [5.74, 6) is 0.595. The van der Waals surface area contributed by atoms with Gasteiger partial charge in [-0.3, -0.25) is 9.59 Å². The number of hydrogen-bond acceptors (Lipinski definition) is 4. The third-order valence-electron chi connectivity index (χ3n) is 5.52. The van der Waals surface area contributed by atoms with Crippen LogP contribution in [0.1, 0.15) is 17.9 Å². The molecule has 2 aromatic carbocycles. The van der Waals surface area contributed by atoms with Crippen LogP contribution >= 0.6 is 23.4 Å². The van der Waals surface area contributed by atoms with Crippen molar-refractivity contribution in [3.63, 3.8) is 0 Å². The van der Waals surface area contributed by atoms with Gasteiger partial charge in [0, 0.05) is 49.6 Å². The molecule has 0 spiro atoms. The van der Waals surface area contributed by atoms with Gasteiger partial charge in [-0.2, -0.15) is 0 Å². The summed E-state index contributed by atoms with van der Waals surface area (Å²) in [6.07, 6.45) is 0. The summed E-state index contributed by atoms with van der Waals surface area (Å²) in [6.45, 7) is 4.49. The fourth-order valence-electron chi connectivity index (χ4n) is 4.00. The maximum atomic E-state index is 13.3. The van der Waals surface area contributed by atoms with Crippen LogP contribution in [0, 0.1) is 0 Å². The van der Waals surface area contributed by atoms with Crippen LogP contribution in [0.5, 0.6) is 0 Å². The molecule has 152 valence electrons. The summed E-state index contributed by atoms with van der Waals surface area (Å²) in [5, 5.41) is 0.513. The average Bonchev–Trinajstić information content (AvgIpc) is 3.20. The maximum Gasteiger partial charge on any atom is 0.246 e. The molecule has 2 amide bonds. The van der Waals surface area contributed by atoms with Crippen LogP contribution in [0.2, 0.25) is 5.02 Å². The number of hydrogen-bond donors (Lipinski definition) is 0. The Bertz CT molecular complexity index is 869. The summed E-state index contributed by atoms with van der Waals surface area (Å²) in [4.78, 5) is 31.6. The Hall–Kier alpha value is -2.18. The van der Waals surface area contributed by atoms with Crippen molar-refractivity contribution < 1.29 is 9.59 Å². The zero-order chi connectivity index (χ0) is 20.4. The molecule has 2 saturated heterocycles. The molecule has 0 aromatic heterocycles. The lowest BCUT2D eigenvalue weighted by Crippen LogP contribution is -2.55. The van der Waals surface area contributed by atoms with Crippen LogP contribution < -0.4 is 4.90 Å². The molecule has 2 atom stereocenters. The molecule has 5 nitrogen and oxygen atoms in total. The minimum Gasteiger partial charge on any atom is -0.368 e. The van der Waals surface area contributed by atoms with Crippen molar-refractivity contribution in [1.82, 2.24) is 9.80 Å². The largest absolute Gasteiger partial charge is 0.368 e. The van der Waals surface area contributed by atoms with Gasteiger partial charge >= 0.3 is 0 Å². The van der Waals surface area contributed by atoms with E-state index in [4.69, 9.17) is 11.6 Å². The molecule has 2 fully saturated rings. The zero-order valence-corrected chi connectivity index (χ0v) is 17.9. The Balaban J connectivity index is 1.44. The van der Waals surface area contributed by atoms with Crippen LogP contribution in [-0.2, 0) is 9.59 Å². The highest BCUT2D eigenvalue weighted by Crippen LogP contribution is 2.42. The van der Waals surface area contributed by atoms with Gasteiger partial charge in [-0.05, 0) is 29.8 Å². The number of carbonyl (C=O) groups is 2. The zero-order valence-electron chi connectivity index (χ0n) is 16.3. The molecule has 0 saturated carbocycles. The highest BCUT2D eigenvalue weighted by Gasteiger charge is 2.42. The fraction of sp³-hybridized carbons (Fsp3) is 0.364. The second kappa shape index (κ2) is 8.67. The lowest BCUT2D eigenvalue weighted by molar-refractivity contribution is -0.144. The van der Waals surface area contributed by atoms with Crippen molar-refractivity contribution in [3.8, 4) is 0 Å². The highest BCUT2D eigenvalue weighted by molar-refractivity contribution is 7.99. The summed E-state index contributed by atoms with van der Waals surface area (Å²) in [5.41, 5.74) is 2.18. The molecule has 7 heteroatoms. The number of halogens is 1. The Morgan fingerprint density at radius 2 is 1.62 bits per heavy atom. The smallest absolute Gasteiger partial charge is 0.246 e. The monoisotopic (exact) mass is 429 g/mol. The lowest BCUT2D eigenvalue weighted by atomic mass is 10.1. The molecule has 4 rings (SSSR count). The number of anilines is 1. The lowest BCUT2D eigenvalue weighted by Gasteiger charge is -2.38. The topological polar surface area (TPSA) is 43.9 Å². The number of carbonyl (C=O) groups excluding carboxylic acids is 2. The predicted molar refractivity (Wildman–Crippen MR) is 118 cm³/mol. The first-order chi connectivity index (χ1) is 14.0. The van der Waals surface area contributed by atoms with Gasteiger partial charge in [0.15, 0.2) is 0 Å². The number of para-hydroxylation sites is 1. The molecular formula is C22H24ClN3O2S. The fourth-order valence-corrected chi connectivity index (χ4v) is 5.60. The van der Waals surface area contributed by atoms with Gasteiger partial charge in [0.2, 0.25) is 11.8 Å². The molecule has 2 aliphatic heterocycles. The molecule has 0 unspecified atom stereocenters. The first-order valence-electron chi connectivity index (χ1n) is 9.79. The average molecular weight is 430 g/mol. The molecule has 2 aromatic rings. The van der Waals surface area contributed by atoms with E-state index in [1.165, 1.54) is 5.69 Å². The van der Waals surface area contributed by atoms with Crippen molar-refractivity contribution in [2.75, 3.05) is 36.8 Å². The van der Waals surface area contributed by atoms with Crippen LogP contribution in [0.4, 0.5) is 5.69 Å². The van der Waals surface area contributed by atoms with Crippen molar-refractivity contribution in [3.05, 3.63) is 65.2 Å². The van der Waals surface area contributed by atoms with Gasteiger partial charge in [0.1, 0.15) is 11.4 Å². The van der Waals surface area contributed by atoms with Crippen molar-refractivity contribution in [1.29, 1.82) is 0 Å². The Labute approximate surface area is 180 Å². The summed E-state index contributed by atoms with van der Waals surface area (Å²) in [7, 11) is 0. The Morgan fingerprint density at radius 3 is 2.24 bits per heavy atom. The number of amides is 2. The van der Waals surface area contributed by atoms with Crippen LogP contribution in [0.15, 0.2) is 54.6 Å². The third-order valence-corrected chi connectivity index (χ3v) is 7.09. The molecule has 29 heavy (non-hydrogen) atoms. The number of rotatable bonds is 3. The van der Waals surface area contributed by atoms with Gasteiger partial charge in [-0.15, -0.1) is 11.8 Å². The number of thioether (sulfide) groups is 1.